The minimum atomic E-state index is -0.693. The first-order valence-corrected chi connectivity index (χ1v) is 11.5. The maximum Gasteiger partial charge on any atom is 0.261 e. The van der Waals surface area contributed by atoms with Crippen molar-refractivity contribution in [2.45, 2.75) is 53.2 Å². The average Bonchev–Trinajstić information content (AvgIpc) is 2.69. The summed E-state index contributed by atoms with van der Waals surface area (Å²) >= 11 is 15.7. The number of nitrogens with zero attached hydrogens (tertiary/aromatic N) is 1. The molecule has 0 unspecified atom stereocenters. The van der Waals surface area contributed by atoms with Crippen LogP contribution >= 0.6 is 39.1 Å². The third-order valence-corrected chi connectivity index (χ3v) is 6.70. The third-order valence-electron chi connectivity index (χ3n) is 4.71. The summed E-state index contributed by atoms with van der Waals surface area (Å²) in [6, 6.07) is 8.14. The van der Waals surface area contributed by atoms with E-state index in [-0.39, 0.29) is 31.0 Å². The van der Waals surface area contributed by atoms with Crippen molar-refractivity contribution in [2.24, 2.45) is 0 Å². The second kappa shape index (κ2) is 11.2. The van der Waals surface area contributed by atoms with Gasteiger partial charge in [-0.2, -0.15) is 0 Å². The highest BCUT2D eigenvalue weighted by Crippen LogP contribution is 2.27. The molecule has 0 saturated carbocycles. The lowest BCUT2D eigenvalue weighted by Gasteiger charge is -2.29. The lowest BCUT2D eigenvalue weighted by molar-refractivity contribution is -0.142. The van der Waals surface area contributed by atoms with Crippen LogP contribution in [0.5, 0.6) is 5.75 Å². The summed E-state index contributed by atoms with van der Waals surface area (Å²) in [5.41, 5.74) is 2.79. The maximum atomic E-state index is 13.1. The lowest BCUT2D eigenvalue weighted by Crippen LogP contribution is -2.50. The van der Waals surface area contributed by atoms with E-state index < -0.39 is 6.04 Å². The Bertz CT molecular complexity index is 943. The van der Waals surface area contributed by atoms with Gasteiger partial charge in [0.15, 0.2) is 6.61 Å². The molecule has 2 amide bonds. The van der Waals surface area contributed by atoms with E-state index in [0.717, 1.165) is 21.2 Å². The number of halogens is 3. The van der Waals surface area contributed by atoms with Crippen LogP contribution in [0.1, 0.15) is 37.5 Å². The number of benzene rings is 2. The van der Waals surface area contributed by atoms with Crippen LogP contribution in [0, 0.1) is 13.8 Å². The second-order valence-electron chi connectivity index (χ2n) is 7.77. The summed E-state index contributed by atoms with van der Waals surface area (Å²) in [7, 11) is 0. The van der Waals surface area contributed by atoms with Crippen molar-refractivity contribution in [1.82, 2.24) is 10.2 Å². The topological polar surface area (TPSA) is 58.6 Å². The summed E-state index contributed by atoms with van der Waals surface area (Å²) in [5, 5.41) is 3.67. The number of hydrogen-bond donors (Lipinski definition) is 1. The fourth-order valence-corrected chi connectivity index (χ4v) is 3.59. The number of nitrogens with one attached hydrogen (secondary N) is 1. The molecule has 168 valence electrons. The van der Waals surface area contributed by atoms with Gasteiger partial charge in [0.25, 0.3) is 5.91 Å². The molecule has 1 N–H and O–H groups in total. The first kappa shape index (κ1) is 25.5. The number of amides is 2. The summed E-state index contributed by atoms with van der Waals surface area (Å²) in [6.45, 7) is 9.36. The summed E-state index contributed by atoms with van der Waals surface area (Å²) < 4.78 is 6.77. The Morgan fingerprint density at radius 3 is 2.23 bits per heavy atom. The van der Waals surface area contributed by atoms with E-state index >= 15 is 0 Å². The maximum absolute atomic E-state index is 13.1. The molecule has 2 rings (SSSR count). The highest BCUT2D eigenvalue weighted by Gasteiger charge is 2.27. The van der Waals surface area contributed by atoms with Crippen LogP contribution in [0.3, 0.4) is 0 Å². The number of aryl methyl sites for hydroxylation is 2. The number of hydrogen-bond acceptors (Lipinski definition) is 3. The highest BCUT2D eigenvalue weighted by atomic mass is 79.9. The van der Waals surface area contributed by atoms with Gasteiger partial charge in [0.2, 0.25) is 5.91 Å². The van der Waals surface area contributed by atoms with Gasteiger partial charge in [0.1, 0.15) is 11.8 Å². The molecule has 0 saturated heterocycles. The predicted octanol–water partition coefficient (Wildman–Crippen LogP) is 5.69. The van der Waals surface area contributed by atoms with E-state index in [4.69, 9.17) is 27.9 Å². The van der Waals surface area contributed by atoms with E-state index in [0.29, 0.717) is 15.8 Å². The van der Waals surface area contributed by atoms with Gasteiger partial charge in [-0.3, -0.25) is 9.59 Å². The van der Waals surface area contributed by atoms with Crippen LogP contribution < -0.4 is 10.1 Å². The van der Waals surface area contributed by atoms with Gasteiger partial charge in [0, 0.05) is 17.1 Å². The van der Waals surface area contributed by atoms with Gasteiger partial charge in [-0.25, -0.2) is 0 Å². The number of carbonyl (C=O) groups excluding carboxylic acids is 2. The molecule has 5 nitrogen and oxygen atoms in total. The Balaban J connectivity index is 2.22. The molecule has 0 radical (unpaired) electrons. The molecule has 0 fully saturated rings. The monoisotopic (exact) mass is 528 g/mol. The molecule has 1 atom stereocenters. The van der Waals surface area contributed by atoms with Gasteiger partial charge < -0.3 is 15.0 Å². The molecule has 8 heteroatoms. The molecule has 2 aromatic rings. The van der Waals surface area contributed by atoms with E-state index in [2.05, 4.69) is 21.2 Å². The summed E-state index contributed by atoms with van der Waals surface area (Å²) in [6.07, 6.45) is 0. The predicted molar refractivity (Wildman–Crippen MR) is 129 cm³/mol. The third kappa shape index (κ3) is 7.13. The second-order valence-corrected chi connectivity index (χ2v) is 9.38. The molecule has 0 spiro atoms. The van der Waals surface area contributed by atoms with Crippen LogP contribution in [0.4, 0.5) is 0 Å². The summed E-state index contributed by atoms with van der Waals surface area (Å²) in [4.78, 5) is 27.2. The van der Waals surface area contributed by atoms with Crippen molar-refractivity contribution >= 4 is 50.9 Å². The van der Waals surface area contributed by atoms with Crippen molar-refractivity contribution in [1.29, 1.82) is 0 Å². The Morgan fingerprint density at radius 2 is 1.68 bits per heavy atom. The van der Waals surface area contributed by atoms with Crippen molar-refractivity contribution in [2.75, 3.05) is 6.61 Å². The Labute approximate surface area is 202 Å². The molecular weight excluding hydrogens is 503 g/mol. The normalized spacial score (nSPS) is 11.9. The number of carbonyl (C=O) groups is 2. The number of rotatable bonds is 8. The van der Waals surface area contributed by atoms with Gasteiger partial charge in [-0.05, 0) is 75.6 Å². The van der Waals surface area contributed by atoms with E-state index in [9.17, 15) is 9.59 Å². The van der Waals surface area contributed by atoms with Crippen LogP contribution in [0.25, 0.3) is 0 Å². The Morgan fingerprint density at radius 1 is 1.06 bits per heavy atom. The molecular formula is C23H27BrCl2N2O3. The molecule has 0 bridgehead atoms. The average molecular weight is 530 g/mol. The van der Waals surface area contributed by atoms with Gasteiger partial charge in [-0.15, -0.1) is 0 Å². The zero-order valence-corrected chi connectivity index (χ0v) is 21.4. The molecule has 2 aromatic carbocycles. The van der Waals surface area contributed by atoms with Crippen molar-refractivity contribution in [3.05, 3.63) is 61.5 Å². The standard InChI is InChI=1S/C23H27BrCl2N2O3/c1-13(2)27-23(30)16(5)28(11-17-6-7-19(25)20(26)10-17)21(29)12-31-18-8-14(3)22(24)15(4)9-18/h6-10,13,16H,11-12H2,1-5H3,(H,27,30)/t16-/m1/s1. The fraction of sp³-hybridized carbons (Fsp3) is 0.391. The minimum absolute atomic E-state index is 0.0400. The fourth-order valence-electron chi connectivity index (χ4n) is 3.04. The Hall–Kier alpha value is -1.76. The Kier molecular flexibility index (Phi) is 9.22. The van der Waals surface area contributed by atoms with Gasteiger partial charge >= 0.3 is 0 Å². The first-order chi connectivity index (χ1) is 14.5. The van der Waals surface area contributed by atoms with Crippen molar-refractivity contribution < 1.29 is 14.3 Å². The smallest absolute Gasteiger partial charge is 0.261 e. The summed E-state index contributed by atoms with van der Waals surface area (Å²) in [5.74, 6) is 0.0507. The van der Waals surface area contributed by atoms with Crippen LogP contribution in [-0.2, 0) is 16.1 Å². The van der Waals surface area contributed by atoms with E-state index in [1.807, 2.05) is 39.8 Å². The SMILES string of the molecule is Cc1cc(OCC(=O)N(Cc2ccc(Cl)c(Cl)c2)[C@H](C)C(=O)NC(C)C)cc(C)c1Br. The molecule has 0 aliphatic heterocycles. The minimum Gasteiger partial charge on any atom is -0.484 e. The molecule has 0 aliphatic carbocycles. The van der Waals surface area contributed by atoms with Crippen LogP contribution in [0.2, 0.25) is 10.0 Å². The van der Waals surface area contributed by atoms with Crippen molar-refractivity contribution in [3.8, 4) is 5.75 Å². The lowest BCUT2D eigenvalue weighted by atomic mass is 10.1. The van der Waals surface area contributed by atoms with Crippen LogP contribution in [-0.4, -0.2) is 35.4 Å². The molecule has 31 heavy (non-hydrogen) atoms. The quantitative estimate of drug-likeness (QED) is 0.477. The van der Waals surface area contributed by atoms with E-state index in [1.54, 1.807) is 25.1 Å². The first-order valence-electron chi connectivity index (χ1n) is 9.93. The molecule has 0 heterocycles. The van der Waals surface area contributed by atoms with E-state index in [1.165, 1.54) is 4.90 Å². The van der Waals surface area contributed by atoms with Gasteiger partial charge in [0.05, 0.1) is 10.0 Å². The zero-order chi connectivity index (χ0) is 23.3. The van der Waals surface area contributed by atoms with Crippen LogP contribution in [0.15, 0.2) is 34.8 Å². The molecule has 0 aromatic heterocycles. The largest absolute Gasteiger partial charge is 0.484 e. The van der Waals surface area contributed by atoms with Crippen molar-refractivity contribution in [3.63, 3.8) is 0 Å². The highest BCUT2D eigenvalue weighted by molar-refractivity contribution is 9.10. The number of ether oxygens (including phenoxy) is 1. The van der Waals surface area contributed by atoms with Gasteiger partial charge in [-0.1, -0.05) is 45.2 Å². The molecule has 0 aliphatic rings. The zero-order valence-electron chi connectivity index (χ0n) is 18.3.